The zero-order chi connectivity index (χ0) is 11.5. The van der Waals surface area contributed by atoms with Gasteiger partial charge in [0.25, 0.3) is 0 Å². The van der Waals surface area contributed by atoms with E-state index in [4.69, 9.17) is 0 Å². The van der Waals surface area contributed by atoms with Crippen molar-refractivity contribution in [2.45, 2.75) is 26.2 Å². The molecular weight excluding hydrogens is 205 g/mol. The Morgan fingerprint density at radius 2 is 2.19 bits per heavy atom. The van der Waals surface area contributed by atoms with Crippen molar-refractivity contribution >= 4 is 0 Å². The Labute approximate surface area is 93.7 Å². The van der Waals surface area contributed by atoms with Gasteiger partial charge in [-0.1, -0.05) is 26.0 Å². The fourth-order valence-corrected chi connectivity index (χ4v) is 1.49. The molecule has 0 aliphatic carbocycles. The molecule has 0 amide bonds. The number of nitrogens with one attached hydrogen (secondary N) is 1. The van der Waals surface area contributed by atoms with Gasteiger partial charge in [0.05, 0.1) is 0 Å². The third-order valence-corrected chi connectivity index (χ3v) is 2.33. The van der Waals surface area contributed by atoms with Crippen molar-refractivity contribution in [3.05, 3.63) is 47.3 Å². The van der Waals surface area contributed by atoms with E-state index >= 15 is 0 Å². The summed E-state index contributed by atoms with van der Waals surface area (Å²) in [5, 5.41) is 6.98. The molecule has 2 aromatic rings. The van der Waals surface area contributed by atoms with Crippen LogP contribution in [-0.4, -0.2) is 15.2 Å². The first-order valence-corrected chi connectivity index (χ1v) is 5.31. The average molecular weight is 219 g/mol. The van der Waals surface area contributed by atoms with Gasteiger partial charge in [-0.05, 0) is 17.7 Å². The van der Waals surface area contributed by atoms with E-state index in [1.165, 1.54) is 12.1 Å². The maximum absolute atomic E-state index is 13.0. The van der Waals surface area contributed by atoms with E-state index in [0.29, 0.717) is 12.3 Å². The molecule has 0 saturated carbocycles. The van der Waals surface area contributed by atoms with E-state index < -0.39 is 0 Å². The minimum Gasteiger partial charge on any atom is -0.263 e. The van der Waals surface area contributed by atoms with Crippen molar-refractivity contribution in [1.29, 1.82) is 0 Å². The van der Waals surface area contributed by atoms with Crippen molar-refractivity contribution in [1.82, 2.24) is 15.2 Å². The SMILES string of the molecule is CC(C)c1n[nH]c(Cc2cccc(F)c2)n1. The first kappa shape index (κ1) is 10.8. The molecular formula is C12H14FN3. The highest BCUT2D eigenvalue weighted by atomic mass is 19.1. The summed E-state index contributed by atoms with van der Waals surface area (Å²) >= 11 is 0. The number of aromatic amines is 1. The van der Waals surface area contributed by atoms with Crippen molar-refractivity contribution < 1.29 is 4.39 Å². The number of halogens is 1. The molecule has 0 spiro atoms. The number of rotatable bonds is 3. The van der Waals surface area contributed by atoms with Gasteiger partial charge in [0.1, 0.15) is 11.6 Å². The first-order chi connectivity index (χ1) is 7.65. The van der Waals surface area contributed by atoms with E-state index in [1.54, 1.807) is 6.07 Å². The van der Waals surface area contributed by atoms with Crippen LogP contribution >= 0.6 is 0 Å². The molecule has 0 fully saturated rings. The standard InChI is InChI=1S/C12H14FN3/c1-8(2)12-14-11(15-16-12)7-9-4-3-5-10(13)6-9/h3-6,8H,7H2,1-2H3,(H,14,15,16). The summed E-state index contributed by atoms with van der Waals surface area (Å²) in [4.78, 5) is 4.35. The molecule has 1 heterocycles. The molecule has 1 aromatic heterocycles. The highest BCUT2D eigenvalue weighted by molar-refractivity contribution is 5.20. The molecule has 0 atom stereocenters. The van der Waals surface area contributed by atoms with Crippen molar-refractivity contribution in [3.8, 4) is 0 Å². The normalized spacial score (nSPS) is 11.0. The maximum Gasteiger partial charge on any atom is 0.153 e. The molecule has 3 nitrogen and oxygen atoms in total. The van der Waals surface area contributed by atoms with Crippen LogP contribution in [0.2, 0.25) is 0 Å². The lowest BCUT2D eigenvalue weighted by atomic mass is 10.1. The fourth-order valence-electron chi connectivity index (χ4n) is 1.49. The largest absolute Gasteiger partial charge is 0.263 e. The second kappa shape index (κ2) is 4.43. The lowest BCUT2D eigenvalue weighted by Gasteiger charge is -1.97. The second-order valence-electron chi connectivity index (χ2n) is 4.10. The quantitative estimate of drug-likeness (QED) is 0.862. The van der Waals surface area contributed by atoms with Crippen LogP contribution in [0.15, 0.2) is 24.3 Å². The summed E-state index contributed by atoms with van der Waals surface area (Å²) in [7, 11) is 0. The summed E-state index contributed by atoms with van der Waals surface area (Å²) in [6, 6.07) is 6.52. The second-order valence-corrected chi connectivity index (χ2v) is 4.10. The smallest absolute Gasteiger partial charge is 0.153 e. The van der Waals surface area contributed by atoms with Gasteiger partial charge in [0.2, 0.25) is 0 Å². The van der Waals surface area contributed by atoms with E-state index in [9.17, 15) is 4.39 Å². The zero-order valence-electron chi connectivity index (χ0n) is 9.37. The van der Waals surface area contributed by atoms with Crippen LogP contribution in [0.5, 0.6) is 0 Å². The molecule has 4 heteroatoms. The Kier molecular flexibility index (Phi) is 2.99. The van der Waals surface area contributed by atoms with Crippen molar-refractivity contribution in [3.63, 3.8) is 0 Å². The van der Waals surface area contributed by atoms with Crippen LogP contribution in [0.25, 0.3) is 0 Å². The number of H-pyrrole nitrogens is 1. The highest BCUT2D eigenvalue weighted by Crippen LogP contribution is 2.11. The van der Waals surface area contributed by atoms with Crippen molar-refractivity contribution in [2.24, 2.45) is 0 Å². The van der Waals surface area contributed by atoms with Crippen LogP contribution in [0.4, 0.5) is 4.39 Å². The summed E-state index contributed by atoms with van der Waals surface area (Å²) in [6.07, 6.45) is 0.581. The predicted molar refractivity (Wildman–Crippen MR) is 59.7 cm³/mol. The topological polar surface area (TPSA) is 41.6 Å². The van der Waals surface area contributed by atoms with Gasteiger partial charge in [-0.3, -0.25) is 5.10 Å². The van der Waals surface area contributed by atoms with Gasteiger partial charge in [0.15, 0.2) is 5.82 Å². The third-order valence-electron chi connectivity index (χ3n) is 2.33. The van der Waals surface area contributed by atoms with Gasteiger partial charge in [-0.2, -0.15) is 5.10 Å². The van der Waals surface area contributed by atoms with Gasteiger partial charge in [-0.15, -0.1) is 0 Å². The lowest BCUT2D eigenvalue weighted by Crippen LogP contribution is -1.93. The molecule has 16 heavy (non-hydrogen) atoms. The molecule has 0 aliphatic heterocycles. The highest BCUT2D eigenvalue weighted by Gasteiger charge is 2.07. The summed E-state index contributed by atoms with van der Waals surface area (Å²) in [5.41, 5.74) is 0.895. The molecule has 1 N–H and O–H groups in total. The Balaban J connectivity index is 2.14. The van der Waals surface area contributed by atoms with E-state index in [-0.39, 0.29) is 5.82 Å². The lowest BCUT2D eigenvalue weighted by molar-refractivity contribution is 0.626. The van der Waals surface area contributed by atoms with Gasteiger partial charge in [0, 0.05) is 12.3 Å². The Hall–Kier alpha value is -1.71. The van der Waals surface area contributed by atoms with Crippen LogP contribution in [0, 0.1) is 5.82 Å². The molecule has 0 bridgehead atoms. The number of hydrogen-bond donors (Lipinski definition) is 1. The molecule has 2 rings (SSSR count). The monoisotopic (exact) mass is 219 g/mol. The number of aromatic nitrogens is 3. The van der Waals surface area contributed by atoms with Crippen molar-refractivity contribution in [2.75, 3.05) is 0 Å². The summed E-state index contributed by atoms with van der Waals surface area (Å²) in [5.74, 6) is 1.65. The Bertz CT molecular complexity index is 477. The number of hydrogen-bond acceptors (Lipinski definition) is 2. The molecule has 0 radical (unpaired) electrons. The number of nitrogens with zero attached hydrogens (tertiary/aromatic N) is 2. The van der Waals surface area contributed by atoms with E-state index in [2.05, 4.69) is 15.2 Å². The molecule has 0 aliphatic rings. The minimum absolute atomic E-state index is 0.221. The van der Waals surface area contributed by atoms with Crippen LogP contribution in [0.3, 0.4) is 0 Å². The first-order valence-electron chi connectivity index (χ1n) is 5.31. The zero-order valence-corrected chi connectivity index (χ0v) is 9.37. The number of benzene rings is 1. The minimum atomic E-state index is -0.221. The predicted octanol–water partition coefficient (Wildman–Crippen LogP) is 2.66. The van der Waals surface area contributed by atoms with Crippen LogP contribution < -0.4 is 0 Å². The fraction of sp³-hybridized carbons (Fsp3) is 0.333. The summed E-state index contributed by atoms with van der Waals surface area (Å²) < 4.78 is 13.0. The van der Waals surface area contributed by atoms with Gasteiger partial charge >= 0.3 is 0 Å². The Morgan fingerprint density at radius 3 is 2.81 bits per heavy atom. The van der Waals surface area contributed by atoms with Gasteiger partial charge < -0.3 is 0 Å². The van der Waals surface area contributed by atoms with E-state index in [0.717, 1.165) is 17.2 Å². The van der Waals surface area contributed by atoms with Gasteiger partial charge in [-0.25, -0.2) is 9.37 Å². The molecule has 0 saturated heterocycles. The molecule has 1 aromatic carbocycles. The Morgan fingerprint density at radius 1 is 1.38 bits per heavy atom. The molecule has 84 valence electrons. The van der Waals surface area contributed by atoms with Crippen LogP contribution in [0.1, 0.15) is 37.0 Å². The van der Waals surface area contributed by atoms with Crippen LogP contribution in [-0.2, 0) is 6.42 Å². The summed E-state index contributed by atoms with van der Waals surface area (Å²) in [6.45, 7) is 4.07. The average Bonchev–Trinajstić information content (AvgIpc) is 2.66. The van der Waals surface area contributed by atoms with E-state index in [1.807, 2.05) is 19.9 Å². The third kappa shape index (κ3) is 2.45. The molecule has 0 unspecified atom stereocenters. The maximum atomic E-state index is 13.0.